The third-order valence-electron chi connectivity index (χ3n) is 3.37. The summed E-state index contributed by atoms with van der Waals surface area (Å²) in [6.45, 7) is 1.89. The van der Waals surface area contributed by atoms with Crippen molar-refractivity contribution in [3.05, 3.63) is 70.8 Å². The number of halogens is 2. The van der Waals surface area contributed by atoms with Crippen molar-refractivity contribution in [2.24, 2.45) is 5.73 Å². The third-order valence-corrected chi connectivity index (χ3v) is 3.37. The van der Waals surface area contributed by atoms with Gasteiger partial charge in [0.2, 0.25) is 5.91 Å². The van der Waals surface area contributed by atoms with E-state index in [1.54, 1.807) is 6.07 Å². The molecule has 0 saturated carbocycles. The van der Waals surface area contributed by atoms with Gasteiger partial charge in [-0.1, -0.05) is 35.9 Å². The van der Waals surface area contributed by atoms with Crippen LogP contribution >= 0.6 is 0 Å². The quantitative estimate of drug-likeness (QED) is 0.886. The number of amides is 2. The van der Waals surface area contributed by atoms with Crippen LogP contribution in [0, 0.1) is 18.6 Å². The summed E-state index contributed by atoms with van der Waals surface area (Å²) >= 11 is 0. The number of hydrogen-bond donors (Lipinski definition) is 2. The molecule has 0 saturated heterocycles. The normalized spacial score (nSPS) is 11.8. The first-order valence-corrected chi connectivity index (χ1v) is 6.98. The number of benzene rings is 2. The molecule has 0 aliphatic heterocycles. The van der Waals surface area contributed by atoms with Gasteiger partial charge in [0.1, 0.15) is 6.04 Å². The third kappa shape index (κ3) is 4.12. The number of hydrogen-bond acceptors (Lipinski definition) is 2. The summed E-state index contributed by atoms with van der Waals surface area (Å²) in [4.78, 5) is 23.6. The van der Waals surface area contributed by atoms with Crippen LogP contribution < -0.4 is 11.1 Å². The van der Waals surface area contributed by atoms with Crippen LogP contribution in [0.25, 0.3) is 0 Å². The SMILES string of the molecule is Cc1cccc(C[C@@H](NC(=O)c2cccc(F)c2F)C(N)=O)c1. The average Bonchev–Trinajstić information content (AvgIpc) is 2.49. The van der Waals surface area contributed by atoms with Crippen LogP contribution in [-0.2, 0) is 11.2 Å². The summed E-state index contributed by atoms with van der Waals surface area (Å²) in [5.41, 5.74) is 6.62. The van der Waals surface area contributed by atoms with Gasteiger partial charge in [0, 0.05) is 6.42 Å². The summed E-state index contributed by atoms with van der Waals surface area (Å²) in [6.07, 6.45) is 0.166. The van der Waals surface area contributed by atoms with Gasteiger partial charge in [-0.3, -0.25) is 9.59 Å². The van der Waals surface area contributed by atoms with E-state index in [2.05, 4.69) is 5.32 Å². The van der Waals surface area contributed by atoms with Gasteiger partial charge in [0.15, 0.2) is 11.6 Å². The van der Waals surface area contributed by atoms with E-state index < -0.39 is 35.1 Å². The summed E-state index contributed by atoms with van der Waals surface area (Å²) in [5.74, 6) is -4.04. The number of primary amides is 1. The Morgan fingerprint density at radius 2 is 1.87 bits per heavy atom. The Labute approximate surface area is 132 Å². The molecule has 0 fully saturated rings. The van der Waals surface area contributed by atoms with Crippen molar-refractivity contribution >= 4 is 11.8 Å². The molecular weight excluding hydrogens is 302 g/mol. The van der Waals surface area contributed by atoms with E-state index in [1.165, 1.54) is 6.07 Å². The standard InChI is InChI=1S/C17H16F2N2O2/c1-10-4-2-5-11(8-10)9-14(16(20)22)21-17(23)12-6-3-7-13(18)15(12)19/h2-8,14H,9H2,1H3,(H2,20,22)(H,21,23)/t14-/m1/s1. The molecule has 0 radical (unpaired) electrons. The van der Waals surface area contributed by atoms with Crippen molar-refractivity contribution in [1.82, 2.24) is 5.32 Å². The van der Waals surface area contributed by atoms with Gasteiger partial charge in [0.05, 0.1) is 5.56 Å². The second-order valence-electron chi connectivity index (χ2n) is 5.22. The van der Waals surface area contributed by atoms with Gasteiger partial charge < -0.3 is 11.1 Å². The Balaban J connectivity index is 2.18. The Hall–Kier alpha value is -2.76. The van der Waals surface area contributed by atoms with Crippen molar-refractivity contribution in [2.45, 2.75) is 19.4 Å². The van der Waals surface area contributed by atoms with Crippen molar-refractivity contribution in [3.8, 4) is 0 Å². The Kier molecular flexibility index (Phi) is 5.05. The number of carbonyl (C=O) groups excluding carboxylic acids is 2. The molecule has 2 amide bonds. The minimum atomic E-state index is -1.26. The van der Waals surface area contributed by atoms with Crippen LogP contribution in [0.15, 0.2) is 42.5 Å². The van der Waals surface area contributed by atoms with Crippen molar-refractivity contribution < 1.29 is 18.4 Å². The van der Waals surface area contributed by atoms with E-state index in [-0.39, 0.29) is 6.42 Å². The van der Waals surface area contributed by atoms with Crippen LogP contribution in [0.1, 0.15) is 21.5 Å². The van der Waals surface area contributed by atoms with Gasteiger partial charge >= 0.3 is 0 Å². The first-order valence-electron chi connectivity index (χ1n) is 6.98. The topological polar surface area (TPSA) is 72.2 Å². The zero-order chi connectivity index (χ0) is 17.0. The highest BCUT2D eigenvalue weighted by Gasteiger charge is 2.22. The lowest BCUT2D eigenvalue weighted by atomic mass is 10.0. The maximum absolute atomic E-state index is 13.6. The second-order valence-corrected chi connectivity index (χ2v) is 5.22. The van der Waals surface area contributed by atoms with Gasteiger partial charge in [-0.05, 0) is 24.6 Å². The fourth-order valence-corrected chi connectivity index (χ4v) is 2.21. The molecule has 0 aliphatic rings. The summed E-state index contributed by atoms with van der Waals surface area (Å²) in [6, 6.07) is 9.59. The molecule has 1 atom stereocenters. The Bertz CT molecular complexity index is 747. The first kappa shape index (κ1) is 16.6. The Morgan fingerprint density at radius 1 is 1.17 bits per heavy atom. The number of nitrogens with one attached hydrogen (secondary N) is 1. The van der Waals surface area contributed by atoms with E-state index in [0.717, 1.165) is 23.3 Å². The molecule has 0 spiro atoms. The predicted molar refractivity (Wildman–Crippen MR) is 81.7 cm³/mol. The van der Waals surface area contributed by atoms with E-state index in [4.69, 9.17) is 5.73 Å². The molecule has 2 aromatic carbocycles. The zero-order valence-electron chi connectivity index (χ0n) is 12.5. The van der Waals surface area contributed by atoms with Crippen molar-refractivity contribution in [3.63, 3.8) is 0 Å². The lowest BCUT2D eigenvalue weighted by Gasteiger charge is -2.16. The Morgan fingerprint density at radius 3 is 2.52 bits per heavy atom. The lowest BCUT2D eigenvalue weighted by molar-refractivity contribution is -0.119. The summed E-state index contributed by atoms with van der Waals surface area (Å²) in [5, 5.41) is 2.35. The number of rotatable bonds is 5. The van der Waals surface area contributed by atoms with Crippen LogP contribution in [0.4, 0.5) is 8.78 Å². The second kappa shape index (κ2) is 7.00. The van der Waals surface area contributed by atoms with Gasteiger partial charge in [0.25, 0.3) is 5.91 Å². The molecular formula is C17H16F2N2O2. The smallest absolute Gasteiger partial charge is 0.255 e. The number of carbonyl (C=O) groups is 2. The highest BCUT2D eigenvalue weighted by atomic mass is 19.2. The van der Waals surface area contributed by atoms with Crippen molar-refractivity contribution in [1.29, 1.82) is 0 Å². The highest BCUT2D eigenvalue weighted by molar-refractivity contribution is 5.97. The highest BCUT2D eigenvalue weighted by Crippen LogP contribution is 2.12. The molecule has 2 rings (SSSR count). The molecule has 6 heteroatoms. The van der Waals surface area contributed by atoms with Crippen molar-refractivity contribution in [2.75, 3.05) is 0 Å². The monoisotopic (exact) mass is 318 g/mol. The maximum Gasteiger partial charge on any atom is 0.255 e. The predicted octanol–water partition coefficient (Wildman–Crippen LogP) is 2.10. The molecule has 23 heavy (non-hydrogen) atoms. The van der Waals surface area contributed by atoms with Gasteiger partial charge in [-0.25, -0.2) is 8.78 Å². The fraction of sp³-hybridized carbons (Fsp3) is 0.176. The minimum absolute atomic E-state index is 0.166. The van der Waals surface area contributed by atoms with E-state index >= 15 is 0 Å². The lowest BCUT2D eigenvalue weighted by Crippen LogP contribution is -2.46. The molecule has 0 bridgehead atoms. The molecule has 4 nitrogen and oxygen atoms in total. The number of nitrogens with two attached hydrogens (primary N) is 1. The average molecular weight is 318 g/mol. The maximum atomic E-state index is 13.6. The molecule has 2 aromatic rings. The first-order chi connectivity index (χ1) is 10.9. The van der Waals surface area contributed by atoms with E-state index in [0.29, 0.717) is 0 Å². The largest absolute Gasteiger partial charge is 0.368 e. The molecule has 3 N–H and O–H groups in total. The summed E-state index contributed by atoms with van der Waals surface area (Å²) < 4.78 is 26.8. The molecule has 0 aromatic heterocycles. The van der Waals surface area contributed by atoms with Gasteiger partial charge in [-0.15, -0.1) is 0 Å². The van der Waals surface area contributed by atoms with Crippen LogP contribution in [-0.4, -0.2) is 17.9 Å². The van der Waals surface area contributed by atoms with E-state index in [9.17, 15) is 18.4 Å². The summed E-state index contributed by atoms with van der Waals surface area (Å²) in [7, 11) is 0. The fourth-order valence-electron chi connectivity index (χ4n) is 2.21. The number of aryl methyl sites for hydroxylation is 1. The molecule has 0 aliphatic carbocycles. The molecule has 0 unspecified atom stereocenters. The van der Waals surface area contributed by atoms with Gasteiger partial charge in [-0.2, -0.15) is 0 Å². The molecule has 120 valence electrons. The molecule has 0 heterocycles. The van der Waals surface area contributed by atoms with Crippen LogP contribution in [0.5, 0.6) is 0 Å². The van der Waals surface area contributed by atoms with Crippen LogP contribution in [0.2, 0.25) is 0 Å². The van der Waals surface area contributed by atoms with Crippen LogP contribution in [0.3, 0.4) is 0 Å². The minimum Gasteiger partial charge on any atom is -0.368 e. The zero-order valence-corrected chi connectivity index (χ0v) is 12.5. The van der Waals surface area contributed by atoms with E-state index in [1.807, 2.05) is 25.1 Å².